The Bertz CT molecular complexity index is 374. The van der Waals surface area contributed by atoms with Gasteiger partial charge in [0.1, 0.15) is 5.69 Å². The predicted octanol–water partition coefficient (Wildman–Crippen LogP) is 0.148. The zero-order chi connectivity index (χ0) is 11.5. The highest BCUT2D eigenvalue weighted by atomic mass is 16.2. The summed E-state index contributed by atoms with van der Waals surface area (Å²) in [5.41, 5.74) is 0.609. The maximum atomic E-state index is 11.9. The van der Waals surface area contributed by atoms with Gasteiger partial charge in [0.15, 0.2) is 0 Å². The molecule has 1 aromatic heterocycles. The summed E-state index contributed by atoms with van der Waals surface area (Å²) in [5, 5.41) is 6.34. The van der Waals surface area contributed by atoms with Gasteiger partial charge in [-0.2, -0.15) is 0 Å². The van der Waals surface area contributed by atoms with Gasteiger partial charge in [-0.25, -0.2) is 4.98 Å². The van der Waals surface area contributed by atoms with Crippen LogP contribution >= 0.6 is 0 Å². The van der Waals surface area contributed by atoms with Crippen LogP contribution in [0.4, 0.5) is 0 Å². The fraction of sp³-hybridized carbons (Fsp3) is 0.636. The van der Waals surface area contributed by atoms with Gasteiger partial charge >= 0.3 is 0 Å². The highest BCUT2D eigenvalue weighted by Crippen LogP contribution is 2.10. The summed E-state index contributed by atoms with van der Waals surface area (Å²) in [7, 11) is 1.82. The molecule has 0 spiro atoms. The van der Waals surface area contributed by atoms with E-state index in [1.165, 1.54) is 0 Å². The van der Waals surface area contributed by atoms with Gasteiger partial charge in [0.25, 0.3) is 5.91 Å². The van der Waals surface area contributed by atoms with Crippen molar-refractivity contribution in [3.8, 4) is 0 Å². The van der Waals surface area contributed by atoms with Gasteiger partial charge in [0.2, 0.25) is 0 Å². The van der Waals surface area contributed by atoms with Crippen LogP contribution < -0.4 is 10.6 Å². The molecular weight excluding hydrogens is 204 g/mol. The highest BCUT2D eigenvalue weighted by Gasteiger charge is 2.21. The number of nitrogens with one attached hydrogen (secondary N) is 2. The SMILES string of the molecule is CC1CNCC(NC(=O)c2cncn2C)C1. The van der Waals surface area contributed by atoms with Gasteiger partial charge in [0.05, 0.1) is 12.5 Å². The third-order valence-corrected chi connectivity index (χ3v) is 2.95. The van der Waals surface area contributed by atoms with Crippen LogP contribution in [0.2, 0.25) is 0 Å². The van der Waals surface area contributed by atoms with E-state index in [4.69, 9.17) is 0 Å². The van der Waals surface area contributed by atoms with Gasteiger partial charge in [-0.15, -0.1) is 0 Å². The standard InChI is InChI=1S/C11H18N4O/c1-8-3-9(5-12-4-8)14-11(16)10-6-13-7-15(10)2/h6-9,12H,3-5H2,1-2H3,(H,14,16). The van der Waals surface area contributed by atoms with Crippen molar-refractivity contribution in [2.45, 2.75) is 19.4 Å². The van der Waals surface area contributed by atoms with Crippen LogP contribution in [0, 0.1) is 5.92 Å². The number of imidazole rings is 1. The average Bonchev–Trinajstić information content (AvgIpc) is 2.64. The zero-order valence-electron chi connectivity index (χ0n) is 9.73. The Hall–Kier alpha value is -1.36. The van der Waals surface area contributed by atoms with Crippen LogP contribution in [-0.2, 0) is 7.05 Å². The lowest BCUT2D eigenvalue weighted by Gasteiger charge is -2.28. The number of nitrogens with zero attached hydrogens (tertiary/aromatic N) is 2. The van der Waals surface area contributed by atoms with E-state index < -0.39 is 0 Å². The van der Waals surface area contributed by atoms with Gasteiger partial charge in [-0.05, 0) is 18.9 Å². The Morgan fingerprint density at radius 3 is 3.06 bits per heavy atom. The van der Waals surface area contributed by atoms with E-state index in [0.29, 0.717) is 11.6 Å². The molecule has 1 amide bonds. The molecule has 1 aliphatic rings. The van der Waals surface area contributed by atoms with E-state index in [1.54, 1.807) is 17.1 Å². The fourth-order valence-corrected chi connectivity index (χ4v) is 2.10. The lowest BCUT2D eigenvalue weighted by molar-refractivity contribution is 0.0917. The Morgan fingerprint density at radius 2 is 2.44 bits per heavy atom. The largest absolute Gasteiger partial charge is 0.347 e. The first-order valence-corrected chi connectivity index (χ1v) is 5.64. The molecule has 0 aliphatic carbocycles. The minimum atomic E-state index is -0.0408. The molecule has 2 N–H and O–H groups in total. The van der Waals surface area contributed by atoms with E-state index >= 15 is 0 Å². The first-order valence-electron chi connectivity index (χ1n) is 5.64. The smallest absolute Gasteiger partial charge is 0.269 e. The van der Waals surface area contributed by atoms with Crippen LogP contribution in [0.25, 0.3) is 0 Å². The monoisotopic (exact) mass is 222 g/mol. The van der Waals surface area contributed by atoms with Crippen LogP contribution in [0.3, 0.4) is 0 Å². The molecule has 2 atom stereocenters. The van der Waals surface area contributed by atoms with Gasteiger partial charge in [-0.1, -0.05) is 6.92 Å². The summed E-state index contributed by atoms with van der Waals surface area (Å²) in [6.07, 6.45) is 4.27. The number of rotatable bonds is 2. The molecule has 1 aromatic rings. The Labute approximate surface area is 95.2 Å². The third-order valence-electron chi connectivity index (χ3n) is 2.95. The van der Waals surface area contributed by atoms with Gasteiger partial charge in [-0.3, -0.25) is 4.79 Å². The van der Waals surface area contributed by atoms with Crippen LogP contribution in [0.5, 0.6) is 0 Å². The van der Waals surface area contributed by atoms with E-state index in [9.17, 15) is 4.79 Å². The molecule has 0 aromatic carbocycles. The minimum absolute atomic E-state index is 0.0408. The first kappa shape index (κ1) is 11.1. The third kappa shape index (κ3) is 2.41. The molecule has 0 bridgehead atoms. The summed E-state index contributed by atoms with van der Waals surface area (Å²) in [6, 6.07) is 0.228. The number of aromatic nitrogens is 2. The molecule has 88 valence electrons. The molecule has 5 heteroatoms. The van der Waals surface area contributed by atoms with Crippen molar-refractivity contribution < 1.29 is 4.79 Å². The van der Waals surface area contributed by atoms with Crippen LogP contribution in [0.1, 0.15) is 23.8 Å². The number of hydrogen-bond donors (Lipinski definition) is 2. The second-order valence-electron chi connectivity index (χ2n) is 4.56. The maximum absolute atomic E-state index is 11.9. The van der Waals surface area contributed by atoms with Crippen molar-refractivity contribution in [2.75, 3.05) is 13.1 Å². The fourth-order valence-electron chi connectivity index (χ4n) is 2.10. The minimum Gasteiger partial charge on any atom is -0.347 e. The molecule has 5 nitrogen and oxygen atoms in total. The molecule has 1 aliphatic heterocycles. The zero-order valence-corrected chi connectivity index (χ0v) is 9.73. The quantitative estimate of drug-likeness (QED) is 0.748. The lowest BCUT2D eigenvalue weighted by Crippen LogP contribution is -2.48. The van der Waals surface area contributed by atoms with Crippen LogP contribution in [-0.4, -0.2) is 34.6 Å². The van der Waals surface area contributed by atoms with Gasteiger partial charge < -0.3 is 15.2 Å². The van der Waals surface area contributed by atoms with E-state index in [1.807, 2.05) is 7.05 Å². The van der Waals surface area contributed by atoms with Crippen molar-refractivity contribution in [1.82, 2.24) is 20.2 Å². The van der Waals surface area contributed by atoms with Crippen molar-refractivity contribution in [1.29, 1.82) is 0 Å². The normalized spacial score (nSPS) is 25.4. The molecule has 1 saturated heterocycles. The van der Waals surface area contributed by atoms with Crippen molar-refractivity contribution in [3.63, 3.8) is 0 Å². The van der Waals surface area contributed by atoms with Crippen molar-refractivity contribution >= 4 is 5.91 Å². The van der Waals surface area contributed by atoms with Crippen molar-refractivity contribution in [3.05, 3.63) is 18.2 Å². The molecule has 2 heterocycles. The van der Waals surface area contributed by atoms with E-state index in [0.717, 1.165) is 19.5 Å². The number of hydrogen-bond acceptors (Lipinski definition) is 3. The summed E-state index contributed by atoms with van der Waals surface area (Å²) in [4.78, 5) is 15.8. The molecule has 2 rings (SSSR count). The van der Waals surface area contributed by atoms with E-state index in [-0.39, 0.29) is 11.9 Å². The summed E-state index contributed by atoms with van der Waals surface area (Å²) < 4.78 is 1.73. The van der Waals surface area contributed by atoms with E-state index in [2.05, 4.69) is 22.5 Å². The molecule has 1 fully saturated rings. The second-order valence-corrected chi connectivity index (χ2v) is 4.56. The number of piperidine rings is 1. The Morgan fingerprint density at radius 1 is 1.62 bits per heavy atom. The molecule has 0 saturated carbocycles. The summed E-state index contributed by atoms with van der Waals surface area (Å²) in [6.45, 7) is 4.08. The Balaban J connectivity index is 1.95. The Kier molecular flexibility index (Phi) is 3.24. The highest BCUT2D eigenvalue weighted by molar-refractivity contribution is 5.92. The summed E-state index contributed by atoms with van der Waals surface area (Å²) >= 11 is 0. The number of carbonyl (C=O) groups is 1. The topological polar surface area (TPSA) is 58.9 Å². The molecule has 16 heavy (non-hydrogen) atoms. The van der Waals surface area contributed by atoms with Crippen LogP contribution in [0.15, 0.2) is 12.5 Å². The van der Waals surface area contributed by atoms with Gasteiger partial charge in [0, 0.05) is 19.6 Å². The summed E-state index contributed by atoms with van der Waals surface area (Å²) in [5.74, 6) is 0.575. The first-order chi connectivity index (χ1) is 7.66. The molecular formula is C11H18N4O. The second kappa shape index (κ2) is 4.65. The van der Waals surface area contributed by atoms with Crippen molar-refractivity contribution in [2.24, 2.45) is 13.0 Å². The number of carbonyl (C=O) groups excluding carboxylic acids is 1. The maximum Gasteiger partial charge on any atom is 0.269 e. The average molecular weight is 222 g/mol. The number of amides is 1. The number of aryl methyl sites for hydroxylation is 1. The molecule has 0 radical (unpaired) electrons. The predicted molar refractivity (Wildman–Crippen MR) is 61.1 cm³/mol. The lowest BCUT2D eigenvalue weighted by atomic mass is 9.98. The molecule has 2 unspecified atom stereocenters.